The van der Waals surface area contributed by atoms with Gasteiger partial charge in [0.1, 0.15) is 0 Å². The number of hydrogen-bond donors (Lipinski definition) is 1. The van der Waals surface area contributed by atoms with E-state index in [-0.39, 0.29) is 11.8 Å². The zero-order valence-corrected chi connectivity index (χ0v) is 11.5. The first-order valence-corrected chi connectivity index (χ1v) is 6.89. The van der Waals surface area contributed by atoms with Crippen LogP contribution < -0.4 is 5.73 Å². The molecule has 0 aliphatic carbocycles. The maximum absolute atomic E-state index is 12.3. The van der Waals surface area contributed by atoms with Crippen molar-refractivity contribution in [2.24, 2.45) is 0 Å². The van der Waals surface area contributed by atoms with Crippen molar-refractivity contribution in [3.63, 3.8) is 0 Å². The Labute approximate surface area is 122 Å². The molecule has 0 bridgehead atoms. The number of benzene rings is 1. The fourth-order valence-electron chi connectivity index (χ4n) is 2.55. The molecule has 2 amide bonds. The predicted molar refractivity (Wildman–Crippen MR) is 77.7 cm³/mol. The molecule has 0 unspecified atom stereocenters. The second-order valence-electron chi connectivity index (χ2n) is 5.04. The summed E-state index contributed by atoms with van der Waals surface area (Å²) in [6.07, 6.45) is 7.00. The smallest absolute Gasteiger partial charge is 0.263 e. The third-order valence-corrected chi connectivity index (χ3v) is 3.64. The average Bonchev–Trinajstić information content (AvgIpc) is 3.06. The maximum atomic E-state index is 12.3. The molecule has 0 saturated carbocycles. The summed E-state index contributed by atoms with van der Waals surface area (Å²) in [6, 6.07) is 4.99. The molecule has 2 aromatic rings. The Balaban J connectivity index is 1.61. The number of nitrogen functional groups attached to an aromatic ring is 1. The van der Waals surface area contributed by atoms with E-state index >= 15 is 0 Å². The fourth-order valence-corrected chi connectivity index (χ4v) is 2.55. The zero-order valence-electron chi connectivity index (χ0n) is 11.5. The molecule has 2 heterocycles. The molecule has 1 aromatic heterocycles. The number of carbonyl (C=O) groups is 2. The molecule has 0 fully saturated rings. The van der Waals surface area contributed by atoms with Gasteiger partial charge in [0.05, 0.1) is 17.5 Å². The van der Waals surface area contributed by atoms with Gasteiger partial charge in [-0.2, -0.15) is 0 Å². The van der Waals surface area contributed by atoms with Crippen LogP contribution >= 0.6 is 0 Å². The number of nitrogens with zero attached hydrogens (tertiary/aromatic N) is 3. The maximum Gasteiger partial charge on any atom is 0.263 e. The zero-order chi connectivity index (χ0) is 14.8. The second-order valence-corrected chi connectivity index (χ2v) is 5.04. The summed E-state index contributed by atoms with van der Waals surface area (Å²) in [5.41, 5.74) is 6.92. The lowest BCUT2D eigenvalue weighted by atomic mass is 10.1. The Morgan fingerprint density at radius 2 is 1.90 bits per heavy atom. The van der Waals surface area contributed by atoms with Gasteiger partial charge in [-0.15, -0.1) is 0 Å². The fraction of sp³-hybridized carbons (Fsp3) is 0.267. The number of hydrogen-bond acceptors (Lipinski definition) is 4. The summed E-state index contributed by atoms with van der Waals surface area (Å²) < 4.78 is 1.97. The summed E-state index contributed by atoms with van der Waals surface area (Å²) in [5.74, 6) is -0.527. The Morgan fingerprint density at radius 3 is 2.62 bits per heavy atom. The minimum Gasteiger partial charge on any atom is -0.398 e. The molecular formula is C15H16N4O2. The molecule has 0 spiro atoms. The van der Waals surface area contributed by atoms with Crippen molar-refractivity contribution in [3.05, 3.63) is 48.0 Å². The summed E-state index contributed by atoms with van der Waals surface area (Å²) in [6.45, 7) is 1.24. The van der Waals surface area contributed by atoms with Crippen LogP contribution in [0.15, 0.2) is 36.9 Å². The number of aromatic nitrogens is 2. The number of amides is 2. The van der Waals surface area contributed by atoms with Gasteiger partial charge >= 0.3 is 0 Å². The average molecular weight is 284 g/mol. The molecule has 0 radical (unpaired) electrons. The Bertz CT molecular complexity index is 679. The van der Waals surface area contributed by atoms with Crippen molar-refractivity contribution in [2.75, 3.05) is 12.3 Å². The van der Waals surface area contributed by atoms with E-state index < -0.39 is 0 Å². The number of unbranched alkanes of at least 4 members (excludes halogenated alkanes) is 1. The van der Waals surface area contributed by atoms with E-state index in [9.17, 15) is 9.59 Å². The number of imidazole rings is 1. The molecule has 1 aliphatic rings. The molecule has 0 atom stereocenters. The van der Waals surface area contributed by atoms with Crippen LogP contribution in [0, 0.1) is 0 Å². The van der Waals surface area contributed by atoms with E-state index in [0.717, 1.165) is 19.4 Å². The highest BCUT2D eigenvalue weighted by Crippen LogP contribution is 2.27. The molecule has 1 aromatic carbocycles. The normalized spacial score (nSPS) is 13.8. The molecule has 0 saturated heterocycles. The number of aryl methyl sites for hydroxylation is 1. The van der Waals surface area contributed by atoms with Crippen molar-refractivity contribution >= 4 is 17.5 Å². The number of carbonyl (C=O) groups excluding carboxylic acids is 2. The van der Waals surface area contributed by atoms with Crippen molar-refractivity contribution in [1.29, 1.82) is 0 Å². The van der Waals surface area contributed by atoms with Gasteiger partial charge in [-0.25, -0.2) is 4.98 Å². The van der Waals surface area contributed by atoms with Gasteiger partial charge in [0.25, 0.3) is 11.8 Å². The van der Waals surface area contributed by atoms with Crippen molar-refractivity contribution in [2.45, 2.75) is 19.4 Å². The van der Waals surface area contributed by atoms with Crippen LogP contribution in [0.4, 0.5) is 5.69 Å². The third-order valence-electron chi connectivity index (χ3n) is 3.64. The lowest BCUT2D eigenvalue weighted by Gasteiger charge is -2.13. The van der Waals surface area contributed by atoms with Gasteiger partial charge in [-0.3, -0.25) is 14.5 Å². The highest BCUT2D eigenvalue weighted by atomic mass is 16.2. The van der Waals surface area contributed by atoms with E-state index in [0.29, 0.717) is 23.4 Å². The van der Waals surface area contributed by atoms with Crippen LogP contribution in [0.25, 0.3) is 0 Å². The van der Waals surface area contributed by atoms with Crippen LogP contribution in [0.1, 0.15) is 33.6 Å². The summed E-state index contributed by atoms with van der Waals surface area (Å²) >= 11 is 0. The lowest BCUT2D eigenvalue weighted by Crippen LogP contribution is -2.31. The van der Waals surface area contributed by atoms with Crippen LogP contribution in [0.2, 0.25) is 0 Å². The summed E-state index contributed by atoms with van der Waals surface area (Å²) in [5, 5.41) is 0. The van der Waals surface area contributed by atoms with Gasteiger partial charge in [0.15, 0.2) is 0 Å². The number of anilines is 1. The number of imide groups is 1. The largest absolute Gasteiger partial charge is 0.398 e. The predicted octanol–water partition coefficient (Wildman–Crippen LogP) is 1.54. The van der Waals surface area contributed by atoms with Gasteiger partial charge in [0, 0.05) is 31.2 Å². The molecule has 6 nitrogen and oxygen atoms in total. The molecular weight excluding hydrogens is 268 g/mol. The monoisotopic (exact) mass is 284 g/mol. The third kappa shape index (κ3) is 2.40. The van der Waals surface area contributed by atoms with Crippen LogP contribution in [0.5, 0.6) is 0 Å². The molecule has 1 aliphatic heterocycles. The quantitative estimate of drug-likeness (QED) is 0.513. The SMILES string of the molecule is Nc1cccc2c1C(=O)N(CCCCn1ccnc1)C2=O. The van der Waals surface area contributed by atoms with Gasteiger partial charge < -0.3 is 10.3 Å². The van der Waals surface area contributed by atoms with Gasteiger partial charge in [-0.1, -0.05) is 6.07 Å². The van der Waals surface area contributed by atoms with Crippen molar-refractivity contribution in [3.8, 4) is 0 Å². The summed E-state index contributed by atoms with van der Waals surface area (Å²) in [7, 11) is 0. The number of rotatable bonds is 5. The topological polar surface area (TPSA) is 81.2 Å². The van der Waals surface area contributed by atoms with Crippen LogP contribution in [-0.2, 0) is 6.54 Å². The number of nitrogens with two attached hydrogens (primary N) is 1. The minimum absolute atomic E-state index is 0.245. The van der Waals surface area contributed by atoms with E-state index in [1.165, 1.54) is 4.90 Å². The molecule has 3 rings (SSSR count). The summed E-state index contributed by atoms with van der Waals surface area (Å²) in [4.78, 5) is 29.7. The Hall–Kier alpha value is -2.63. The first-order valence-electron chi connectivity index (χ1n) is 6.89. The lowest BCUT2D eigenvalue weighted by molar-refractivity contribution is 0.0651. The molecule has 108 valence electrons. The Morgan fingerprint density at radius 1 is 1.10 bits per heavy atom. The van der Waals surface area contributed by atoms with E-state index in [4.69, 9.17) is 5.73 Å². The molecule has 6 heteroatoms. The van der Waals surface area contributed by atoms with Crippen LogP contribution in [-0.4, -0.2) is 32.8 Å². The van der Waals surface area contributed by atoms with Gasteiger partial charge in [-0.05, 0) is 25.0 Å². The molecule has 21 heavy (non-hydrogen) atoms. The minimum atomic E-state index is -0.282. The first-order chi connectivity index (χ1) is 10.2. The highest BCUT2D eigenvalue weighted by Gasteiger charge is 2.36. The van der Waals surface area contributed by atoms with E-state index in [1.54, 1.807) is 30.7 Å². The van der Waals surface area contributed by atoms with E-state index in [1.807, 2.05) is 10.8 Å². The van der Waals surface area contributed by atoms with Crippen molar-refractivity contribution < 1.29 is 9.59 Å². The standard InChI is InChI=1S/C15H16N4O2/c16-12-5-3-4-11-13(12)15(21)19(14(11)20)8-2-1-7-18-9-6-17-10-18/h3-6,9-10H,1-2,7-8,16H2. The second kappa shape index (κ2) is 5.40. The van der Waals surface area contributed by atoms with E-state index in [2.05, 4.69) is 4.98 Å². The Kier molecular flexibility index (Phi) is 3.43. The molecule has 2 N–H and O–H groups in total. The van der Waals surface area contributed by atoms with Crippen molar-refractivity contribution in [1.82, 2.24) is 14.5 Å². The first kappa shape index (κ1) is 13.4. The van der Waals surface area contributed by atoms with Crippen LogP contribution in [0.3, 0.4) is 0 Å². The highest BCUT2D eigenvalue weighted by molar-refractivity contribution is 6.23. The van der Waals surface area contributed by atoms with Gasteiger partial charge in [0.2, 0.25) is 0 Å². The number of fused-ring (bicyclic) bond motifs is 1.